The van der Waals surface area contributed by atoms with Gasteiger partial charge in [-0.3, -0.25) is 0 Å². The van der Waals surface area contributed by atoms with E-state index in [-0.39, 0.29) is 0 Å². The van der Waals surface area contributed by atoms with E-state index in [2.05, 4.69) is 39.5 Å². The molecule has 1 heterocycles. The van der Waals surface area contributed by atoms with Crippen LogP contribution in [-0.4, -0.2) is 13.2 Å². The Hall–Kier alpha value is -0.820. The third-order valence-corrected chi connectivity index (χ3v) is 2.58. The van der Waals surface area contributed by atoms with E-state index in [9.17, 15) is 0 Å². The molecule has 1 saturated heterocycles. The monoisotopic (exact) mass is 192 g/mol. The normalized spacial score (nSPS) is 22.6. The Bertz CT molecular complexity index is 267. The molecule has 0 aliphatic carbocycles. The summed E-state index contributed by atoms with van der Waals surface area (Å²) < 4.78 is 5.36. The van der Waals surface area contributed by atoms with E-state index in [1.165, 1.54) is 16.7 Å². The van der Waals surface area contributed by atoms with Crippen LogP contribution in [0.5, 0.6) is 0 Å². The molecule has 0 aromatic rings. The van der Waals surface area contributed by atoms with E-state index in [4.69, 9.17) is 4.74 Å². The average Bonchev–Trinajstić information content (AvgIpc) is 2.50. The number of allylic oxidation sites excluding steroid dienone is 3. The molecule has 1 unspecified atom stereocenters. The Balaban J connectivity index is 2.51. The summed E-state index contributed by atoms with van der Waals surface area (Å²) in [6.07, 6.45) is 5.54. The molecule has 0 radical (unpaired) electrons. The maximum atomic E-state index is 5.36. The van der Waals surface area contributed by atoms with Gasteiger partial charge in [-0.25, -0.2) is 0 Å². The van der Waals surface area contributed by atoms with Crippen molar-refractivity contribution in [3.8, 4) is 0 Å². The van der Waals surface area contributed by atoms with Gasteiger partial charge in [0.05, 0.1) is 13.2 Å². The molecule has 0 bridgehead atoms. The van der Waals surface area contributed by atoms with Crippen LogP contribution >= 0.6 is 0 Å². The van der Waals surface area contributed by atoms with Crippen molar-refractivity contribution in [2.45, 2.75) is 27.2 Å². The van der Waals surface area contributed by atoms with E-state index < -0.39 is 0 Å². The number of hydrogen-bond donors (Lipinski definition) is 0. The maximum absolute atomic E-state index is 5.36. The lowest BCUT2D eigenvalue weighted by Crippen LogP contribution is -2.02. The molecule has 0 amide bonds. The first kappa shape index (κ1) is 11.3. The van der Waals surface area contributed by atoms with Crippen molar-refractivity contribution in [2.24, 2.45) is 5.92 Å². The minimum Gasteiger partial charge on any atom is -0.376 e. The van der Waals surface area contributed by atoms with Crippen molar-refractivity contribution in [2.75, 3.05) is 13.2 Å². The van der Waals surface area contributed by atoms with E-state index >= 15 is 0 Å². The van der Waals surface area contributed by atoms with Crippen LogP contribution in [-0.2, 0) is 4.74 Å². The molecule has 1 fully saturated rings. The minimum atomic E-state index is 0.459. The minimum absolute atomic E-state index is 0.459. The standard InChI is InChI=1S/C13H20O/c1-10(2)6-5-7-11(3)13-9-14-8-12(13)4/h6-7,13H,4-5,8-9H2,1-3H3/b11-7+. The van der Waals surface area contributed by atoms with E-state index in [1.54, 1.807) is 0 Å². The number of ether oxygens (including phenoxy) is 1. The molecular weight excluding hydrogens is 172 g/mol. The Morgan fingerprint density at radius 2 is 2.14 bits per heavy atom. The highest BCUT2D eigenvalue weighted by Crippen LogP contribution is 2.25. The van der Waals surface area contributed by atoms with Gasteiger partial charge in [0.25, 0.3) is 0 Å². The lowest BCUT2D eigenvalue weighted by atomic mass is 9.95. The van der Waals surface area contributed by atoms with Crippen molar-refractivity contribution in [1.29, 1.82) is 0 Å². The Morgan fingerprint density at radius 3 is 2.64 bits per heavy atom. The number of hydrogen-bond acceptors (Lipinski definition) is 1. The fourth-order valence-electron chi connectivity index (χ4n) is 1.60. The zero-order valence-electron chi connectivity index (χ0n) is 9.47. The highest BCUT2D eigenvalue weighted by Gasteiger charge is 2.20. The van der Waals surface area contributed by atoms with Crippen molar-refractivity contribution in [1.82, 2.24) is 0 Å². The quantitative estimate of drug-likeness (QED) is 0.622. The molecule has 1 aliphatic heterocycles. The third kappa shape index (κ3) is 3.15. The molecule has 0 aromatic heterocycles. The van der Waals surface area contributed by atoms with Crippen LogP contribution in [0.4, 0.5) is 0 Å². The van der Waals surface area contributed by atoms with Crippen LogP contribution < -0.4 is 0 Å². The zero-order chi connectivity index (χ0) is 10.6. The van der Waals surface area contributed by atoms with E-state index in [0.717, 1.165) is 19.6 Å². The summed E-state index contributed by atoms with van der Waals surface area (Å²) in [4.78, 5) is 0. The van der Waals surface area contributed by atoms with Gasteiger partial charge in [-0.05, 0) is 32.8 Å². The van der Waals surface area contributed by atoms with Crippen LogP contribution in [0.15, 0.2) is 35.5 Å². The summed E-state index contributed by atoms with van der Waals surface area (Å²) in [7, 11) is 0. The highest BCUT2D eigenvalue weighted by molar-refractivity contribution is 5.21. The van der Waals surface area contributed by atoms with E-state index in [0.29, 0.717) is 5.92 Å². The van der Waals surface area contributed by atoms with Crippen LogP contribution in [0, 0.1) is 5.92 Å². The zero-order valence-corrected chi connectivity index (χ0v) is 9.47. The van der Waals surface area contributed by atoms with Gasteiger partial charge in [-0.1, -0.05) is 29.9 Å². The second-order valence-corrected chi connectivity index (χ2v) is 4.19. The third-order valence-electron chi connectivity index (χ3n) is 2.58. The van der Waals surface area contributed by atoms with Gasteiger partial charge < -0.3 is 4.74 Å². The smallest absolute Gasteiger partial charge is 0.0681 e. The lowest BCUT2D eigenvalue weighted by Gasteiger charge is -2.09. The molecule has 1 atom stereocenters. The largest absolute Gasteiger partial charge is 0.376 e. The highest BCUT2D eigenvalue weighted by atomic mass is 16.5. The van der Waals surface area contributed by atoms with Crippen molar-refractivity contribution >= 4 is 0 Å². The first-order valence-electron chi connectivity index (χ1n) is 5.16. The molecule has 0 saturated carbocycles. The van der Waals surface area contributed by atoms with Gasteiger partial charge in [0.1, 0.15) is 0 Å². The van der Waals surface area contributed by atoms with Gasteiger partial charge in [0.2, 0.25) is 0 Å². The molecule has 0 spiro atoms. The summed E-state index contributed by atoms with van der Waals surface area (Å²) in [5.74, 6) is 0.459. The molecule has 1 heteroatoms. The fourth-order valence-corrected chi connectivity index (χ4v) is 1.60. The predicted octanol–water partition coefficient (Wildman–Crippen LogP) is 3.49. The van der Waals surface area contributed by atoms with Crippen LogP contribution in [0.2, 0.25) is 0 Å². The van der Waals surface area contributed by atoms with Crippen LogP contribution in [0.25, 0.3) is 0 Å². The average molecular weight is 192 g/mol. The Kier molecular flexibility index (Phi) is 4.15. The molecule has 14 heavy (non-hydrogen) atoms. The molecule has 78 valence electrons. The topological polar surface area (TPSA) is 9.23 Å². The second kappa shape index (κ2) is 5.16. The molecule has 1 rings (SSSR count). The van der Waals surface area contributed by atoms with Crippen molar-refractivity contribution < 1.29 is 4.74 Å². The van der Waals surface area contributed by atoms with Gasteiger partial charge in [0.15, 0.2) is 0 Å². The van der Waals surface area contributed by atoms with Gasteiger partial charge in [-0.15, -0.1) is 0 Å². The second-order valence-electron chi connectivity index (χ2n) is 4.19. The van der Waals surface area contributed by atoms with Crippen LogP contribution in [0.1, 0.15) is 27.2 Å². The van der Waals surface area contributed by atoms with Gasteiger partial charge >= 0.3 is 0 Å². The summed E-state index contributed by atoms with van der Waals surface area (Å²) in [5, 5.41) is 0. The summed E-state index contributed by atoms with van der Waals surface area (Å²) >= 11 is 0. The van der Waals surface area contributed by atoms with Gasteiger partial charge in [-0.2, -0.15) is 0 Å². The fraction of sp³-hybridized carbons (Fsp3) is 0.538. The number of rotatable bonds is 3. The summed E-state index contributed by atoms with van der Waals surface area (Å²) in [5.41, 5.74) is 3.98. The first-order valence-corrected chi connectivity index (χ1v) is 5.16. The maximum Gasteiger partial charge on any atom is 0.0681 e. The Labute approximate surface area is 87.2 Å². The van der Waals surface area contributed by atoms with Gasteiger partial charge in [0, 0.05) is 5.92 Å². The molecule has 0 N–H and O–H groups in total. The SMILES string of the molecule is C=C1COCC1/C(C)=C/CC=C(C)C. The molecule has 0 aromatic carbocycles. The van der Waals surface area contributed by atoms with Crippen LogP contribution in [0.3, 0.4) is 0 Å². The first-order chi connectivity index (χ1) is 6.61. The summed E-state index contributed by atoms with van der Waals surface area (Å²) in [6.45, 7) is 12.0. The molecule has 1 nitrogen and oxygen atoms in total. The Morgan fingerprint density at radius 1 is 1.43 bits per heavy atom. The summed E-state index contributed by atoms with van der Waals surface area (Å²) in [6, 6.07) is 0. The van der Waals surface area contributed by atoms with E-state index in [1.807, 2.05) is 0 Å². The molecule has 1 aliphatic rings. The molecular formula is C13H20O. The van der Waals surface area contributed by atoms with Crippen molar-refractivity contribution in [3.63, 3.8) is 0 Å². The lowest BCUT2D eigenvalue weighted by molar-refractivity contribution is 0.194. The van der Waals surface area contributed by atoms with Crippen molar-refractivity contribution in [3.05, 3.63) is 35.5 Å². The predicted molar refractivity (Wildman–Crippen MR) is 61.3 cm³/mol.